The fourth-order valence-corrected chi connectivity index (χ4v) is 2.40. The Bertz CT molecular complexity index is 446. The lowest BCUT2D eigenvalue weighted by molar-refractivity contribution is -0.114. The van der Waals surface area contributed by atoms with Gasteiger partial charge in [-0.1, -0.05) is 0 Å². The molecule has 1 atom stereocenters. The highest BCUT2D eigenvalue weighted by atomic mass is 32.1. The number of carbonyl (C=O) groups excluding carboxylic acids is 2. The van der Waals surface area contributed by atoms with Gasteiger partial charge in [0.2, 0.25) is 5.91 Å². The number of β-amino-alcohol motifs (C(OH)–C–C–N with tert-alkyl or cyclic N) is 1. The third kappa shape index (κ3) is 2.80. The van der Waals surface area contributed by atoms with E-state index in [0.717, 1.165) is 0 Å². The van der Waals surface area contributed by atoms with Crippen LogP contribution in [0.1, 0.15) is 23.8 Å². The van der Waals surface area contributed by atoms with Crippen LogP contribution in [0.5, 0.6) is 0 Å². The van der Waals surface area contributed by atoms with E-state index in [0.29, 0.717) is 30.3 Å². The topological polar surface area (TPSA) is 82.5 Å². The number of likely N-dealkylation sites (tertiary alicyclic amines) is 1. The Morgan fingerprint density at radius 2 is 2.41 bits per heavy atom. The average molecular weight is 255 g/mol. The molecular formula is C10H13N3O3S. The summed E-state index contributed by atoms with van der Waals surface area (Å²) in [4.78, 5) is 28.4. The second-order valence-electron chi connectivity index (χ2n) is 3.91. The van der Waals surface area contributed by atoms with Crippen LogP contribution in [0, 0.1) is 0 Å². The number of hydrogen-bond acceptors (Lipinski definition) is 5. The fraction of sp³-hybridized carbons (Fsp3) is 0.500. The molecule has 92 valence electrons. The van der Waals surface area contributed by atoms with Crippen molar-refractivity contribution in [1.82, 2.24) is 9.88 Å². The van der Waals surface area contributed by atoms with E-state index in [1.165, 1.54) is 18.3 Å². The van der Waals surface area contributed by atoms with Gasteiger partial charge in [-0.2, -0.15) is 0 Å². The highest BCUT2D eigenvalue weighted by Gasteiger charge is 2.26. The zero-order valence-corrected chi connectivity index (χ0v) is 10.2. The summed E-state index contributed by atoms with van der Waals surface area (Å²) >= 11 is 1.21. The number of aliphatic hydroxyl groups is 1. The number of aliphatic hydroxyl groups excluding tert-OH is 1. The van der Waals surface area contributed by atoms with Gasteiger partial charge in [-0.25, -0.2) is 4.98 Å². The standard InChI is InChI=1S/C10H13N3O3S/c1-6(14)11-10-12-8(5-17-10)9(16)13-3-2-7(15)4-13/h5,7,15H,2-4H2,1H3,(H,11,12,14). The number of amides is 2. The zero-order valence-electron chi connectivity index (χ0n) is 9.34. The molecule has 1 unspecified atom stereocenters. The quantitative estimate of drug-likeness (QED) is 0.796. The van der Waals surface area contributed by atoms with Crippen LogP contribution in [0.15, 0.2) is 5.38 Å². The lowest BCUT2D eigenvalue weighted by atomic mass is 10.3. The van der Waals surface area contributed by atoms with E-state index in [9.17, 15) is 14.7 Å². The van der Waals surface area contributed by atoms with Crippen molar-refractivity contribution in [3.05, 3.63) is 11.1 Å². The van der Waals surface area contributed by atoms with Gasteiger partial charge in [-0.05, 0) is 6.42 Å². The Morgan fingerprint density at radius 3 is 3.00 bits per heavy atom. The van der Waals surface area contributed by atoms with Crippen molar-refractivity contribution in [3.8, 4) is 0 Å². The Morgan fingerprint density at radius 1 is 1.65 bits per heavy atom. The second-order valence-corrected chi connectivity index (χ2v) is 4.77. The summed E-state index contributed by atoms with van der Waals surface area (Å²) in [6, 6.07) is 0. The molecule has 0 saturated carbocycles. The summed E-state index contributed by atoms with van der Waals surface area (Å²) in [5, 5.41) is 13.9. The van der Waals surface area contributed by atoms with Crippen LogP contribution in [0.25, 0.3) is 0 Å². The summed E-state index contributed by atoms with van der Waals surface area (Å²) in [5.74, 6) is -0.413. The van der Waals surface area contributed by atoms with Crippen LogP contribution < -0.4 is 5.32 Å². The smallest absolute Gasteiger partial charge is 0.273 e. The zero-order chi connectivity index (χ0) is 12.4. The predicted molar refractivity (Wildman–Crippen MR) is 62.9 cm³/mol. The van der Waals surface area contributed by atoms with Gasteiger partial charge in [0.05, 0.1) is 6.10 Å². The van der Waals surface area contributed by atoms with Crippen LogP contribution in [0.4, 0.5) is 5.13 Å². The van der Waals surface area contributed by atoms with Crippen molar-refractivity contribution in [2.24, 2.45) is 0 Å². The van der Waals surface area contributed by atoms with Crippen molar-refractivity contribution in [2.45, 2.75) is 19.4 Å². The van der Waals surface area contributed by atoms with Crippen molar-refractivity contribution in [2.75, 3.05) is 18.4 Å². The molecule has 1 aromatic rings. The fourth-order valence-electron chi connectivity index (χ4n) is 1.67. The van der Waals surface area contributed by atoms with Crippen molar-refractivity contribution >= 4 is 28.3 Å². The van der Waals surface area contributed by atoms with Gasteiger partial charge in [0, 0.05) is 25.4 Å². The van der Waals surface area contributed by atoms with Gasteiger partial charge >= 0.3 is 0 Å². The molecule has 0 aliphatic carbocycles. The molecule has 0 spiro atoms. The molecule has 17 heavy (non-hydrogen) atoms. The molecule has 1 aliphatic rings. The maximum absolute atomic E-state index is 11.9. The molecule has 0 radical (unpaired) electrons. The van der Waals surface area contributed by atoms with Gasteiger partial charge in [0.1, 0.15) is 5.69 Å². The molecule has 2 N–H and O–H groups in total. The number of nitrogens with zero attached hydrogens (tertiary/aromatic N) is 2. The molecular weight excluding hydrogens is 242 g/mol. The van der Waals surface area contributed by atoms with Gasteiger partial charge < -0.3 is 15.3 Å². The number of nitrogens with one attached hydrogen (secondary N) is 1. The summed E-state index contributed by atoms with van der Waals surface area (Å²) < 4.78 is 0. The first-order valence-electron chi connectivity index (χ1n) is 5.26. The van der Waals surface area contributed by atoms with Crippen molar-refractivity contribution in [3.63, 3.8) is 0 Å². The maximum atomic E-state index is 11.9. The second kappa shape index (κ2) is 4.80. The molecule has 2 heterocycles. The first-order valence-corrected chi connectivity index (χ1v) is 6.14. The van der Waals surface area contributed by atoms with E-state index in [-0.39, 0.29) is 11.8 Å². The van der Waals surface area contributed by atoms with E-state index in [2.05, 4.69) is 10.3 Å². The number of thiazole rings is 1. The predicted octanol–water partition coefficient (Wildman–Crippen LogP) is 0.308. The normalized spacial score (nSPS) is 19.4. The number of rotatable bonds is 2. The highest BCUT2D eigenvalue weighted by Crippen LogP contribution is 2.19. The molecule has 0 bridgehead atoms. The SMILES string of the molecule is CC(=O)Nc1nc(C(=O)N2CCC(O)C2)cs1. The van der Waals surface area contributed by atoms with Gasteiger partial charge in [-0.15, -0.1) is 11.3 Å². The van der Waals surface area contributed by atoms with Crippen molar-refractivity contribution < 1.29 is 14.7 Å². The largest absolute Gasteiger partial charge is 0.391 e. The minimum atomic E-state index is -0.438. The number of hydrogen-bond donors (Lipinski definition) is 2. The van der Waals surface area contributed by atoms with Crippen LogP contribution in [0.2, 0.25) is 0 Å². The molecule has 7 heteroatoms. The lowest BCUT2D eigenvalue weighted by Gasteiger charge is -2.13. The molecule has 1 aliphatic heterocycles. The van der Waals surface area contributed by atoms with Gasteiger partial charge in [-0.3, -0.25) is 9.59 Å². The van der Waals surface area contributed by atoms with Gasteiger partial charge in [0.25, 0.3) is 5.91 Å². The highest BCUT2D eigenvalue weighted by molar-refractivity contribution is 7.14. The van der Waals surface area contributed by atoms with E-state index >= 15 is 0 Å². The van der Waals surface area contributed by atoms with E-state index in [1.807, 2.05) is 0 Å². The molecule has 2 rings (SSSR count). The Balaban J connectivity index is 2.04. The molecule has 0 aromatic carbocycles. The van der Waals surface area contributed by atoms with Crippen LogP contribution >= 0.6 is 11.3 Å². The van der Waals surface area contributed by atoms with Crippen LogP contribution in [0.3, 0.4) is 0 Å². The molecule has 1 saturated heterocycles. The number of anilines is 1. The Labute approximate surface area is 102 Å². The minimum absolute atomic E-state index is 0.200. The summed E-state index contributed by atoms with van der Waals surface area (Å²) in [5.41, 5.74) is 0.313. The van der Waals surface area contributed by atoms with E-state index in [4.69, 9.17) is 0 Å². The van der Waals surface area contributed by atoms with Gasteiger partial charge in [0.15, 0.2) is 5.13 Å². The lowest BCUT2D eigenvalue weighted by Crippen LogP contribution is -2.29. The summed E-state index contributed by atoms with van der Waals surface area (Å²) in [6.07, 6.45) is 0.168. The summed E-state index contributed by atoms with van der Waals surface area (Å²) in [7, 11) is 0. The Kier molecular flexibility index (Phi) is 3.39. The molecule has 1 aromatic heterocycles. The van der Waals surface area contributed by atoms with E-state index in [1.54, 1.807) is 10.3 Å². The molecule has 1 fully saturated rings. The maximum Gasteiger partial charge on any atom is 0.273 e. The minimum Gasteiger partial charge on any atom is -0.391 e. The number of aromatic nitrogens is 1. The summed E-state index contributed by atoms with van der Waals surface area (Å²) in [6.45, 7) is 2.29. The first kappa shape index (κ1) is 12.0. The van der Waals surface area contributed by atoms with Crippen molar-refractivity contribution in [1.29, 1.82) is 0 Å². The molecule has 6 nitrogen and oxygen atoms in total. The monoisotopic (exact) mass is 255 g/mol. The Hall–Kier alpha value is -1.47. The van der Waals surface area contributed by atoms with Crippen LogP contribution in [-0.4, -0.2) is 46.0 Å². The first-order chi connectivity index (χ1) is 8.06. The van der Waals surface area contributed by atoms with E-state index < -0.39 is 6.10 Å². The molecule has 2 amide bonds. The third-order valence-electron chi connectivity index (χ3n) is 2.46. The van der Waals surface area contributed by atoms with Crippen LogP contribution in [-0.2, 0) is 4.79 Å². The number of carbonyl (C=O) groups is 2. The average Bonchev–Trinajstić information content (AvgIpc) is 2.85. The third-order valence-corrected chi connectivity index (χ3v) is 3.21.